The maximum Gasteiger partial charge on any atom is 0.409 e. The van der Waals surface area contributed by atoms with Crippen LogP contribution in [0.25, 0.3) is 0 Å². The minimum absolute atomic E-state index is 0.00654. The van der Waals surface area contributed by atoms with Gasteiger partial charge in [0.15, 0.2) is 6.10 Å². The number of rotatable bonds is 8. The highest BCUT2D eigenvalue weighted by Gasteiger charge is 2.61. The van der Waals surface area contributed by atoms with Crippen LogP contribution in [0, 0.1) is 5.92 Å². The molecule has 1 saturated heterocycles. The number of nitrogens with one attached hydrogen (secondary N) is 1. The minimum Gasteiger partial charge on any atom is -0.467 e. The van der Waals surface area contributed by atoms with Crippen molar-refractivity contribution in [3.8, 4) is 0 Å². The summed E-state index contributed by atoms with van der Waals surface area (Å²) < 4.78 is 14.7. The van der Waals surface area contributed by atoms with Gasteiger partial charge >= 0.3 is 12.1 Å². The van der Waals surface area contributed by atoms with E-state index in [1.807, 2.05) is 44.2 Å². The lowest BCUT2D eigenvalue weighted by atomic mass is 9.91. The maximum absolute atomic E-state index is 13.3. The Kier molecular flexibility index (Phi) is 8.13. The molecule has 0 unspecified atom stereocenters. The van der Waals surface area contributed by atoms with Crippen LogP contribution in [0.15, 0.2) is 30.3 Å². The highest BCUT2D eigenvalue weighted by Crippen LogP contribution is 2.55. The van der Waals surface area contributed by atoms with E-state index in [-0.39, 0.29) is 18.4 Å². The van der Waals surface area contributed by atoms with Gasteiger partial charge in [0.2, 0.25) is 12.2 Å². The Hall–Kier alpha value is -2.73. The van der Waals surface area contributed by atoms with Crippen molar-refractivity contribution in [3.05, 3.63) is 35.9 Å². The lowest BCUT2D eigenvalue weighted by molar-refractivity contribution is -0.278. The number of aliphatic hydroxyl groups is 3. The third kappa shape index (κ3) is 4.88. The van der Waals surface area contributed by atoms with Gasteiger partial charge in [-0.3, -0.25) is 4.79 Å². The molecule has 0 spiro atoms. The monoisotopic (exact) mass is 480 g/mol. The number of esters is 1. The molecule has 1 aromatic rings. The standard InChI is InChI=1S/C23H32N2O9/c1-4-25(5-2)21(30)23(13-9-7-6-8-10-13)11-14(23)12-24-22(31)34-20-17(28)15(26)16(27)18(33-20)19(29)32-3/h6-10,14-18,20,26-28H,4-5,11-12H2,1-3H3,(H,24,31)/t14-,15+,16+,17-,18+,20+,23+/m1/s1. The van der Waals surface area contributed by atoms with Crippen LogP contribution in [0.3, 0.4) is 0 Å². The number of methoxy groups -OCH3 is 1. The summed E-state index contributed by atoms with van der Waals surface area (Å²) in [6.07, 6.45) is -9.11. The van der Waals surface area contributed by atoms with Crippen molar-refractivity contribution >= 4 is 18.0 Å². The van der Waals surface area contributed by atoms with E-state index in [4.69, 9.17) is 9.47 Å². The average molecular weight is 481 g/mol. The molecule has 34 heavy (non-hydrogen) atoms. The van der Waals surface area contributed by atoms with Gasteiger partial charge in [-0.05, 0) is 31.7 Å². The molecule has 0 radical (unpaired) electrons. The number of hydrogen-bond donors (Lipinski definition) is 4. The summed E-state index contributed by atoms with van der Waals surface area (Å²) >= 11 is 0. The van der Waals surface area contributed by atoms with Gasteiger partial charge in [-0.2, -0.15) is 0 Å². The normalized spacial score (nSPS) is 32.4. The molecule has 2 aliphatic rings. The zero-order valence-corrected chi connectivity index (χ0v) is 19.4. The number of ether oxygens (including phenoxy) is 3. The Bertz CT molecular complexity index is 878. The highest BCUT2D eigenvalue weighted by molar-refractivity contribution is 5.92. The Morgan fingerprint density at radius 3 is 2.32 bits per heavy atom. The number of carbonyl (C=O) groups excluding carboxylic acids is 3. The molecule has 1 aliphatic carbocycles. The summed E-state index contributed by atoms with van der Waals surface area (Å²) in [4.78, 5) is 39.3. The van der Waals surface area contributed by atoms with Gasteiger partial charge < -0.3 is 39.7 Å². The zero-order valence-electron chi connectivity index (χ0n) is 19.4. The van der Waals surface area contributed by atoms with Crippen LogP contribution >= 0.6 is 0 Å². The Morgan fingerprint density at radius 1 is 1.09 bits per heavy atom. The van der Waals surface area contributed by atoms with Gasteiger partial charge in [-0.25, -0.2) is 9.59 Å². The van der Waals surface area contributed by atoms with E-state index >= 15 is 0 Å². The van der Waals surface area contributed by atoms with Crippen molar-refractivity contribution in [2.45, 2.75) is 56.4 Å². The molecule has 7 atom stereocenters. The van der Waals surface area contributed by atoms with Crippen LogP contribution < -0.4 is 5.32 Å². The molecule has 2 fully saturated rings. The number of alkyl carbamates (subject to hydrolysis) is 1. The van der Waals surface area contributed by atoms with Crippen LogP contribution in [-0.4, -0.2) is 95.6 Å². The van der Waals surface area contributed by atoms with Crippen LogP contribution in [-0.2, 0) is 29.2 Å². The highest BCUT2D eigenvalue weighted by atomic mass is 16.7. The van der Waals surface area contributed by atoms with Crippen LogP contribution in [0.1, 0.15) is 25.8 Å². The van der Waals surface area contributed by atoms with Crippen molar-refractivity contribution in [1.29, 1.82) is 0 Å². The maximum atomic E-state index is 13.3. The van der Waals surface area contributed by atoms with E-state index in [1.165, 1.54) is 0 Å². The molecule has 11 heteroatoms. The SMILES string of the molecule is CCN(CC)C(=O)[C@]1(c2ccccc2)C[C@@H]1CNC(=O)O[C@@H]1O[C@H](C(=O)OC)[C@@H](O)[C@H](O)[C@H]1O. The molecule has 2 amide bonds. The number of amides is 2. The molecular formula is C23H32N2O9. The third-order valence-electron chi connectivity index (χ3n) is 6.55. The fourth-order valence-electron chi connectivity index (χ4n) is 4.45. The molecule has 1 aliphatic heterocycles. The second-order valence-corrected chi connectivity index (χ2v) is 8.42. The van der Waals surface area contributed by atoms with E-state index in [0.717, 1.165) is 12.7 Å². The summed E-state index contributed by atoms with van der Waals surface area (Å²) in [6, 6.07) is 9.39. The second kappa shape index (κ2) is 10.7. The van der Waals surface area contributed by atoms with Crippen LogP contribution in [0.2, 0.25) is 0 Å². The smallest absolute Gasteiger partial charge is 0.409 e. The average Bonchev–Trinajstić information content (AvgIpc) is 3.59. The lowest BCUT2D eigenvalue weighted by Gasteiger charge is -2.38. The largest absolute Gasteiger partial charge is 0.467 e. The summed E-state index contributed by atoms with van der Waals surface area (Å²) in [5.41, 5.74) is 0.119. The van der Waals surface area contributed by atoms with E-state index in [2.05, 4.69) is 10.1 Å². The first kappa shape index (κ1) is 25.9. The number of benzene rings is 1. The van der Waals surface area contributed by atoms with Crippen molar-refractivity contribution in [1.82, 2.24) is 10.2 Å². The molecule has 1 saturated carbocycles. The molecule has 1 aromatic carbocycles. The molecule has 4 N–H and O–H groups in total. The quantitative estimate of drug-likeness (QED) is 0.361. The first-order valence-electron chi connectivity index (χ1n) is 11.3. The first-order chi connectivity index (χ1) is 16.2. The Morgan fingerprint density at radius 2 is 1.74 bits per heavy atom. The summed E-state index contributed by atoms with van der Waals surface area (Å²) in [5, 5.41) is 32.6. The number of hydrogen-bond acceptors (Lipinski definition) is 9. The molecule has 1 heterocycles. The first-order valence-corrected chi connectivity index (χ1v) is 11.3. The molecule has 3 rings (SSSR count). The van der Waals surface area contributed by atoms with Crippen molar-refractivity contribution < 1.29 is 43.9 Å². The van der Waals surface area contributed by atoms with E-state index in [0.29, 0.717) is 19.5 Å². The van der Waals surface area contributed by atoms with Gasteiger partial charge in [0.1, 0.15) is 18.3 Å². The van der Waals surface area contributed by atoms with Crippen LogP contribution in [0.5, 0.6) is 0 Å². The molecule has 0 bridgehead atoms. The Balaban J connectivity index is 1.65. The summed E-state index contributed by atoms with van der Waals surface area (Å²) in [7, 11) is 1.06. The topological polar surface area (TPSA) is 155 Å². The number of aliphatic hydroxyl groups excluding tert-OH is 3. The van der Waals surface area contributed by atoms with Crippen LogP contribution in [0.4, 0.5) is 4.79 Å². The predicted octanol–water partition coefficient (Wildman–Crippen LogP) is -0.480. The van der Waals surface area contributed by atoms with Crippen molar-refractivity contribution in [2.75, 3.05) is 26.7 Å². The predicted molar refractivity (Wildman–Crippen MR) is 117 cm³/mol. The lowest BCUT2D eigenvalue weighted by Crippen LogP contribution is -2.61. The summed E-state index contributed by atoms with van der Waals surface area (Å²) in [6.45, 7) is 5.08. The van der Waals surface area contributed by atoms with Gasteiger partial charge in [0.25, 0.3) is 0 Å². The molecule has 11 nitrogen and oxygen atoms in total. The van der Waals surface area contributed by atoms with Crippen molar-refractivity contribution in [2.24, 2.45) is 5.92 Å². The van der Waals surface area contributed by atoms with E-state index in [9.17, 15) is 29.7 Å². The minimum atomic E-state index is -1.79. The summed E-state index contributed by atoms with van der Waals surface area (Å²) in [5.74, 6) is -1.18. The fourth-order valence-corrected chi connectivity index (χ4v) is 4.45. The van der Waals surface area contributed by atoms with E-state index < -0.39 is 48.2 Å². The second-order valence-electron chi connectivity index (χ2n) is 8.42. The zero-order chi connectivity index (χ0) is 25.0. The van der Waals surface area contributed by atoms with Gasteiger partial charge in [-0.1, -0.05) is 30.3 Å². The van der Waals surface area contributed by atoms with Crippen molar-refractivity contribution in [3.63, 3.8) is 0 Å². The third-order valence-corrected chi connectivity index (χ3v) is 6.55. The van der Waals surface area contributed by atoms with Gasteiger partial charge in [-0.15, -0.1) is 0 Å². The fraction of sp³-hybridized carbons (Fsp3) is 0.609. The van der Waals surface area contributed by atoms with E-state index in [1.54, 1.807) is 4.90 Å². The number of likely N-dealkylation sites (N-methyl/N-ethyl adjacent to an activating group) is 1. The molecule has 188 valence electrons. The molecular weight excluding hydrogens is 448 g/mol. The van der Waals surface area contributed by atoms with Gasteiger partial charge in [0, 0.05) is 19.6 Å². The number of nitrogens with zero attached hydrogens (tertiary/aromatic N) is 1. The Labute approximate surface area is 197 Å². The molecule has 0 aromatic heterocycles. The number of carbonyl (C=O) groups is 3. The van der Waals surface area contributed by atoms with Gasteiger partial charge in [0.05, 0.1) is 12.5 Å².